The van der Waals surface area contributed by atoms with Crippen LogP contribution in [-0.2, 0) is 4.74 Å². The number of carboxylic acid groups (broad SMARTS) is 1. The quantitative estimate of drug-likeness (QED) is 0.434. The first kappa shape index (κ1) is 18.1. The molecule has 0 bridgehead atoms. The minimum atomic E-state index is -1.07. The molecule has 1 aliphatic heterocycles. The molecular weight excluding hydrogens is 344 g/mol. The highest BCUT2D eigenvalue weighted by Crippen LogP contribution is 2.30. The van der Waals surface area contributed by atoms with Crippen molar-refractivity contribution in [3.8, 4) is 0 Å². The lowest BCUT2D eigenvalue weighted by Gasteiger charge is -2.36. The van der Waals surface area contributed by atoms with Crippen LogP contribution in [0.15, 0.2) is 6.20 Å². The Morgan fingerprint density at radius 2 is 2.08 bits per heavy atom. The van der Waals surface area contributed by atoms with Gasteiger partial charge in [0.2, 0.25) is 11.8 Å². The van der Waals surface area contributed by atoms with Gasteiger partial charge in [0.05, 0.1) is 4.92 Å². The van der Waals surface area contributed by atoms with Crippen LogP contribution in [0.25, 0.3) is 0 Å². The minimum absolute atomic E-state index is 0.0769. The van der Waals surface area contributed by atoms with Crippen molar-refractivity contribution in [2.45, 2.75) is 50.2 Å². The number of ether oxygens (including phenoxy) is 1. The van der Waals surface area contributed by atoms with E-state index in [9.17, 15) is 14.9 Å². The van der Waals surface area contributed by atoms with E-state index in [0.29, 0.717) is 32.0 Å². The summed E-state index contributed by atoms with van der Waals surface area (Å²) in [6, 6.07) is -0.225. The molecule has 0 aromatic carbocycles. The van der Waals surface area contributed by atoms with E-state index in [1.807, 2.05) is 6.92 Å². The van der Waals surface area contributed by atoms with Crippen LogP contribution in [0, 0.1) is 10.1 Å². The zero-order valence-electron chi connectivity index (χ0n) is 14.4. The first-order valence-corrected chi connectivity index (χ1v) is 8.48. The van der Waals surface area contributed by atoms with Gasteiger partial charge in [-0.05, 0) is 32.6 Å². The third kappa shape index (κ3) is 4.28. The highest BCUT2D eigenvalue weighted by Gasteiger charge is 2.33. The smallest absolute Gasteiger partial charge is 0.404 e. The van der Waals surface area contributed by atoms with Crippen LogP contribution in [0.2, 0.25) is 0 Å². The highest BCUT2D eigenvalue weighted by molar-refractivity contribution is 5.65. The molecular formula is C15H22N6O5. The predicted molar refractivity (Wildman–Crippen MR) is 92.4 cm³/mol. The van der Waals surface area contributed by atoms with E-state index in [2.05, 4.69) is 25.9 Å². The molecule has 0 atom stereocenters. The van der Waals surface area contributed by atoms with Crippen LogP contribution in [-0.4, -0.2) is 56.9 Å². The summed E-state index contributed by atoms with van der Waals surface area (Å²) in [6.45, 7) is 3.32. The first-order chi connectivity index (χ1) is 12.3. The fraction of sp³-hybridized carbons (Fsp3) is 0.667. The maximum atomic E-state index is 11.2. The lowest BCUT2D eigenvalue weighted by molar-refractivity contribution is -0.384. The molecule has 0 unspecified atom stereocenters. The fourth-order valence-corrected chi connectivity index (χ4v) is 3.11. The molecule has 26 heavy (non-hydrogen) atoms. The molecule has 1 aromatic heterocycles. The Balaban J connectivity index is 1.69. The maximum absolute atomic E-state index is 11.2. The Labute approximate surface area is 149 Å². The zero-order chi connectivity index (χ0) is 18.7. The first-order valence-electron chi connectivity index (χ1n) is 8.48. The van der Waals surface area contributed by atoms with Gasteiger partial charge in [-0.25, -0.2) is 9.78 Å². The summed E-state index contributed by atoms with van der Waals surface area (Å²) in [4.78, 5) is 29.7. The normalized spacial score (nSPS) is 24.2. The van der Waals surface area contributed by atoms with Gasteiger partial charge in [0.25, 0.3) is 0 Å². The van der Waals surface area contributed by atoms with Gasteiger partial charge in [-0.3, -0.25) is 10.1 Å². The lowest BCUT2D eigenvalue weighted by Crippen LogP contribution is -2.49. The van der Waals surface area contributed by atoms with Crippen molar-refractivity contribution in [3.05, 3.63) is 16.3 Å². The summed E-state index contributed by atoms with van der Waals surface area (Å²) < 4.78 is 5.36. The summed E-state index contributed by atoms with van der Waals surface area (Å²) in [7, 11) is 0. The molecule has 2 heterocycles. The lowest BCUT2D eigenvalue weighted by atomic mass is 9.87. The summed E-state index contributed by atoms with van der Waals surface area (Å²) in [5, 5.41) is 28.6. The van der Waals surface area contributed by atoms with Crippen LogP contribution >= 0.6 is 0 Å². The van der Waals surface area contributed by atoms with Gasteiger partial charge in [0, 0.05) is 30.8 Å². The van der Waals surface area contributed by atoms with E-state index in [-0.39, 0.29) is 29.1 Å². The molecule has 2 aliphatic rings. The Morgan fingerprint density at radius 3 is 2.69 bits per heavy atom. The highest BCUT2D eigenvalue weighted by atomic mass is 16.6. The number of carbonyl (C=O) groups is 1. The minimum Gasteiger partial charge on any atom is -0.465 e. The molecule has 0 spiro atoms. The van der Waals surface area contributed by atoms with Gasteiger partial charge >= 0.3 is 11.8 Å². The Morgan fingerprint density at radius 1 is 1.38 bits per heavy atom. The molecule has 1 aliphatic carbocycles. The summed E-state index contributed by atoms with van der Waals surface area (Å²) in [5.41, 5.74) is -0.430. The fourth-order valence-electron chi connectivity index (χ4n) is 3.11. The number of hydrogen-bond donors (Lipinski definition) is 4. The van der Waals surface area contributed by atoms with Gasteiger partial charge in [-0.15, -0.1) is 0 Å². The second-order valence-electron chi connectivity index (χ2n) is 6.94. The van der Waals surface area contributed by atoms with Crippen LogP contribution in [0.1, 0.15) is 32.6 Å². The number of rotatable bonds is 6. The van der Waals surface area contributed by atoms with Crippen molar-refractivity contribution in [2.24, 2.45) is 0 Å². The maximum Gasteiger partial charge on any atom is 0.404 e. The van der Waals surface area contributed by atoms with E-state index >= 15 is 0 Å². The van der Waals surface area contributed by atoms with Gasteiger partial charge in [-0.2, -0.15) is 4.98 Å². The van der Waals surface area contributed by atoms with Gasteiger partial charge in [0.15, 0.2) is 0 Å². The Kier molecular flexibility index (Phi) is 5.07. The number of amides is 1. The zero-order valence-corrected chi connectivity index (χ0v) is 14.4. The van der Waals surface area contributed by atoms with E-state index in [0.717, 1.165) is 12.8 Å². The van der Waals surface area contributed by atoms with Gasteiger partial charge in [-0.1, -0.05) is 0 Å². The van der Waals surface area contributed by atoms with E-state index in [1.54, 1.807) is 0 Å². The molecule has 142 valence electrons. The standard InChI is InChI=1S/C15H22N6O5/c1-15(2-4-26-5-3-15)20-13-16-8-11(21(24)25)12(19-13)17-9-6-10(7-9)18-14(22)23/h8-10,18H,2-7H2,1H3,(H,22,23)(H2,16,17,19,20). The predicted octanol–water partition coefficient (Wildman–Crippen LogP) is 1.58. The van der Waals surface area contributed by atoms with Gasteiger partial charge < -0.3 is 25.8 Å². The average molecular weight is 366 g/mol. The molecule has 11 nitrogen and oxygen atoms in total. The Bertz CT molecular complexity index is 687. The third-order valence-electron chi connectivity index (χ3n) is 4.78. The summed E-state index contributed by atoms with van der Waals surface area (Å²) in [5.74, 6) is 0.462. The topological polar surface area (TPSA) is 152 Å². The number of nitrogens with zero attached hydrogens (tertiary/aromatic N) is 3. The van der Waals surface area contributed by atoms with Crippen molar-refractivity contribution < 1.29 is 19.6 Å². The third-order valence-corrected chi connectivity index (χ3v) is 4.78. The Hall–Kier alpha value is -2.69. The molecule has 2 fully saturated rings. The van der Waals surface area contributed by atoms with Crippen molar-refractivity contribution in [2.75, 3.05) is 23.8 Å². The van der Waals surface area contributed by atoms with Crippen LogP contribution in [0.4, 0.5) is 22.2 Å². The van der Waals surface area contributed by atoms with E-state index in [1.165, 1.54) is 6.20 Å². The second-order valence-corrected chi connectivity index (χ2v) is 6.94. The SMILES string of the molecule is CC1(Nc2ncc([N+](=O)[O-])c(NC3CC(NC(=O)O)C3)n2)CCOCC1. The molecule has 1 saturated heterocycles. The average Bonchev–Trinajstić information content (AvgIpc) is 2.52. The largest absolute Gasteiger partial charge is 0.465 e. The van der Waals surface area contributed by atoms with Crippen LogP contribution < -0.4 is 16.0 Å². The van der Waals surface area contributed by atoms with Crippen molar-refractivity contribution in [3.63, 3.8) is 0 Å². The molecule has 1 saturated carbocycles. The van der Waals surface area contributed by atoms with Gasteiger partial charge in [0.1, 0.15) is 6.20 Å². The number of nitrogens with one attached hydrogen (secondary N) is 3. The van der Waals surface area contributed by atoms with Crippen molar-refractivity contribution >= 4 is 23.5 Å². The van der Waals surface area contributed by atoms with E-state index < -0.39 is 11.0 Å². The summed E-state index contributed by atoms with van der Waals surface area (Å²) in [6.07, 6.45) is 2.79. The number of anilines is 2. The molecule has 1 aromatic rings. The second kappa shape index (κ2) is 7.28. The van der Waals surface area contributed by atoms with Crippen molar-refractivity contribution in [1.29, 1.82) is 0 Å². The molecule has 1 amide bonds. The van der Waals surface area contributed by atoms with Crippen molar-refractivity contribution in [1.82, 2.24) is 15.3 Å². The van der Waals surface area contributed by atoms with E-state index in [4.69, 9.17) is 9.84 Å². The number of aromatic nitrogens is 2. The number of hydrogen-bond acceptors (Lipinski definition) is 8. The summed E-state index contributed by atoms with van der Waals surface area (Å²) >= 11 is 0. The van der Waals surface area contributed by atoms with Crippen LogP contribution in [0.5, 0.6) is 0 Å². The molecule has 3 rings (SSSR count). The molecule has 11 heteroatoms. The molecule has 0 radical (unpaired) electrons. The number of nitro groups is 1. The van der Waals surface area contributed by atoms with Crippen LogP contribution in [0.3, 0.4) is 0 Å². The monoisotopic (exact) mass is 366 g/mol. The molecule has 4 N–H and O–H groups in total.